The topological polar surface area (TPSA) is 83.3 Å². The Morgan fingerprint density at radius 2 is 1.81 bits per heavy atom. The first-order valence-corrected chi connectivity index (χ1v) is 10.7. The molecule has 1 amide bonds. The highest BCUT2D eigenvalue weighted by atomic mass is 16.2. The van der Waals surface area contributed by atoms with E-state index in [9.17, 15) is 4.79 Å². The minimum absolute atomic E-state index is 0.0726. The molecule has 32 heavy (non-hydrogen) atoms. The summed E-state index contributed by atoms with van der Waals surface area (Å²) in [6, 6.07) is 16.9. The lowest BCUT2D eigenvalue weighted by Gasteiger charge is -2.21. The van der Waals surface area contributed by atoms with Crippen LogP contribution in [0.3, 0.4) is 0 Å². The zero-order valence-electron chi connectivity index (χ0n) is 19.2. The van der Waals surface area contributed by atoms with E-state index in [1.165, 1.54) is 5.56 Å². The summed E-state index contributed by atoms with van der Waals surface area (Å²) in [5.41, 5.74) is 4.43. The minimum atomic E-state index is -0.261. The zero-order chi connectivity index (χ0) is 23.0. The number of imidazole rings is 1. The molecule has 1 aromatic heterocycles. The van der Waals surface area contributed by atoms with E-state index in [1.54, 1.807) is 13.2 Å². The fraction of sp³-hybridized carbons (Fsp3) is 0.320. The van der Waals surface area contributed by atoms with Crippen molar-refractivity contribution >= 4 is 11.9 Å². The average molecular weight is 433 g/mol. The molecule has 3 rings (SSSR count). The Morgan fingerprint density at radius 1 is 1.06 bits per heavy atom. The normalized spacial score (nSPS) is 11.8. The van der Waals surface area contributed by atoms with E-state index >= 15 is 0 Å². The number of carbonyl (C=O) groups is 1. The van der Waals surface area contributed by atoms with Crippen LogP contribution in [0.5, 0.6) is 0 Å². The number of aromatic nitrogens is 2. The summed E-state index contributed by atoms with van der Waals surface area (Å²) in [5, 5.41) is 9.30. The smallest absolute Gasteiger partial charge is 0.239 e. The van der Waals surface area contributed by atoms with Crippen LogP contribution in [0.4, 0.5) is 0 Å². The Balaban J connectivity index is 1.61. The molecule has 0 aliphatic rings. The van der Waals surface area contributed by atoms with Crippen molar-refractivity contribution in [2.24, 2.45) is 4.99 Å². The van der Waals surface area contributed by atoms with Crippen LogP contribution in [0.15, 0.2) is 72.2 Å². The monoisotopic (exact) mass is 432 g/mol. The second kappa shape index (κ2) is 10.6. The molecule has 3 N–H and O–H groups in total. The van der Waals surface area contributed by atoms with Gasteiger partial charge in [-0.2, -0.15) is 0 Å². The van der Waals surface area contributed by atoms with Gasteiger partial charge in [0.15, 0.2) is 5.96 Å². The third-order valence-electron chi connectivity index (χ3n) is 4.81. The predicted molar refractivity (Wildman–Crippen MR) is 129 cm³/mol. The molecule has 7 heteroatoms. The highest BCUT2D eigenvalue weighted by Crippen LogP contribution is 2.24. The van der Waals surface area contributed by atoms with Crippen molar-refractivity contribution in [3.63, 3.8) is 0 Å². The first-order chi connectivity index (χ1) is 15.3. The van der Waals surface area contributed by atoms with E-state index in [0.717, 1.165) is 23.2 Å². The minimum Gasteiger partial charge on any atom is -0.352 e. The van der Waals surface area contributed by atoms with Gasteiger partial charge in [-0.05, 0) is 43.0 Å². The molecule has 0 aliphatic carbocycles. The molecule has 0 unspecified atom stereocenters. The van der Waals surface area contributed by atoms with Gasteiger partial charge in [-0.25, -0.2) is 4.98 Å². The summed E-state index contributed by atoms with van der Waals surface area (Å²) in [5.74, 6) is 0.510. The first kappa shape index (κ1) is 23.1. The Morgan fingerprint density at radius 3 is 2.47 bits per heavy atom. The van der Waals surface area contributed by atoms with Crippen LogP contribution in [0.2, 0.25) is 0 Å². The molecule has 0 aliphatic heterocycles. The largest absolute Gasteiger partial charge is 0.352 e. The molecule has 7 nitrogen and oxygen atoms in total. The van der Waals surface area contributed by atoms with Crippen LogP contribution in [0.1, 0.15) is 31.9 Å². The zero-order valence-corrected chi connectivity index (χ0v) is 19.2. The van der Waals surface area contributed by atoms with Crippen LogP contribution in [-0.4, -0.2) is 40.5 Å². The molecule has 0 saturated heterocycles. The number of aliphatic imine (C=N–C) groups is 1. The summed E-state index contributed by atoms with van der Waals surface area (Å²) < 4.78 is 2.05. The maximum atomic E-state index is 12.1. The lowest BCUT2D eigenvalue weighted by Crippen LogP contribution is -2.48. The lowest BCUT2D eigenvalue weighted by molar-refractivity contribution is -0.121. The van der Waals surface area contributed by atoms with E-state index in [0.29, 0.717) is 12.5 Å². The first-order valence-electron chi connectivity index (χ1n) is 10.7. The van der Waals surface area contributed by atoms with E-state index in [1.807, 2.05) is 50.0 Å². The Hall–Kier alpha value is -3.61. The lowest BCUT2D eigenvalue weighted by atomic mass is 9.98. The third kappa shape index (κ3) is 6.97. The average Bonchev–Trinajstić information content (AvgIpc) is 3.26. The van der Waals surface area contributed by atoms with Crippen LogP contribution < -0.4 is 16.0 Å². The summed E-state index contributed by atoms with van der Waals surface area (Å²) in [6.07, 6.45) is 5.57. The van der Waals surface area contributed by atoms with E-state index in [4.69, 9.17) is 0 Å². The van der Waals surface area contributed by atoms with Crippen molar-refractivity contribution in [1.82, 2.24) is 25.5 Å². The van der Waals surface area contributed by atoms with Gasteiger partial charge >= 0.3 is 0 Å². The van der Waals surface area contributed by atoms with Crippen LogP contribution in [0.25, 0.3) is 11.1 Å². The number of hydrogen-bond donors (Lipinski definition) is 3. The van der Waals surface area contributed by atoms with Crippen molar-refractivity contribution in [2.45, 2.75) is 39.4 Å². The highest BCUT2D eigenvalue weighted by molar-refractivity contribution is 5.86. The summed E-state index contributed by atoms with van der Waals surface area (Å²) in [6.45, 7) is 7.43. The number of rotatable bonds is 7. The van der Waals surface area contributed by atoms with Gasteiger partial charge in [0.2, 0.25) is 5.91 Å². The number of guanidine groups is 1. The number of hydrogen-bond acceptors (Lipinski definition) is 3. The molecule has 168 valence electrons. The molecule has 1 heterocycles. The molecule has 3 aromatic rings. The fourth-order valence-electron chi connectivity index (χ4n) is 3.36. The van der Waals surface area contributed by atoms with Crippen molar-refractivity contribution in [1.29, 1.82) is 0 Å². The van der Waals surface area contributed by atoms with E-state index < -0.39 is 0 Å². The molecule has 0 spiro atoms. The summed E-state index contributed by atoms with van der Waals surface area (Å²) >= 11 is 0. The quantitative estimate of drug-likeness (QED) is 0.396. The van der Waals surface area contributed by atoms with Crippen LogP contribution in [0, 0.1) is 0 Å². The molecule has 2 aromatic carbocycles. The second-order valence-electron chi connectivity index (χ2n) is 8.67. The Labute approximate surface area is 190 Å². The Kier molecular flexibility index (Phi) is 7.65. The number of amides is 1. The van der Waals surface area contributed by atoms with Gasteiger partial charge in [-0.3, -0.25) is 9.79 Å². The Bertz CT molecular complexity index is 1030. The van der Waals surface area contributed by atoms with Crippen LogP contribution >= 0.6 is 0 Å². The molecular weight excluding hydrogens is 400 g/mol. The van der Waals surface area contributed by atoms with Crippen molar-refractivity contribution in [3.05, 3.63) is 78.4 Å². The number of carbonyl (C=O) groups excluding carboxylic acids is 1. The second-order valence-corrected chi connectivity index (χ2v) is 8.67. The fourth-order valence-corrected chi connectivity index (χ4v) is 3.36. The highest BCUT2D eigenvalue weighted by Gasteiger charge is 2.14. The molecule has 0 radical (unpaired) electrons. The number of nitrogens with one attached hydrogen (secondary N) is 3. The van der Waals surface area contributed by atoms with Gasteiger partial charge in [-0.1, -0.05) is 48.5 Å². The molecule has 0 bridgehead atoms. The maximum absolute atomic E-state index is 12.1. The van der Waals surface area contributed by atoms with Gasteiger partial charge in [0, 0.05) is 38.1 Å². The van der Waals surface area contributed by atoms with E-state index in [2.05, 4.69) is 62.3 Å². The number of nitrogens with zero attached hydrogens (tertiary/aromatic N) is 3. The van der Waals surface area contributed by atoms with Crippen molar-refractivity contribution in [2.75, 3.05) is 13.6 Å². The van der Waals surface area contributed by atoms with Crippen molar-refractivity contribution in [3.8, 4) is 11.1 Å². The number of benzene rings is 2. The SMILES string of the molecule is CN=C(NCC(=O)NC(C)(C)C)NCc1ccccc1-c1ccc(Cn2ccnc2)cc1. The summed E-state index contributed by atoms with van der Waals surface area (Å²) in [4.78, 5) is 20.4. The van der Waals surface area contributed by atoms with Crippen LogP contribution in [-0.2, 0) is 17.9 Å². The standard InChI is InChI=1S/C25H32N6O/c1-25(2,3)30-23(32)16-29-24(26-4)28-15-21-7-5-6-8-22(21)20-11-9-19(10-12-20)17-31-14-13-27-18-31/h5-14,18H,15-17H2,1-4H3,(H,30,32)(H2,26,28,29). The molecular formula is C25H32N6O. The van der Waals surface area contributed by atoms with Gasteiger partial charge in [-0.15, -0.1) is 0 Å². The third-order valence-corrected chi connectivity index (χ3v) is 4.81. The summed E-state index contributed by atoms with van der Waals surface area (Å²) in [7, 11) is 1.70. The van der Waals surface area contributed by atoms with Gasteiger partial charge in [0.05, 0.1) is 12.9 Å². The van der Waals surface area contributed by atoms with Gasteiger partial charge < -0.3 is 20.5 Å². The van der Waals surface area contributed by atoms with Gasteiger partial charge in [0.1, 0.15) is 0 Å². The molecule has 0 saturated carbocycles. The molecule has 0 atom stereocenters. The van der Waals surface area contributed by atoms with Crippen molar-refractivity contribution < 1.29 is 4.79 Å². The van der Waals surface area contributed by atoms with Gasteiger partial charge in [0.25, 0.3) is 0 Å². The maximum Gasteiger partial charge on any atom is 0.239 e. The molecule has 0 fully saturated rings. The predicted octanol–water partition coefficient (Wildman–Crippen LogP) is 3.18. The van der Waals surface area contributed by atoms with E-state index in [-0.39, 0.29) is 18.0 Å².